The van der Waals surface area contributed by atoms with Crippen molar-refractivity contribution in [3.05, 3.63) is 89.0 Å². The fourth-order valence-electron chi connectivity index (χ4n) is 4.28. The number of alkyl carbamates (subject to hydrolysis) is 1. The number of benzene rings is 3. The van der Waals surface area contributed by atoms with Gasteiger partial charge in [0.1, 0.15) is 12.1 Å². The van der Waals surface area contributed by atoms with Gasteiger partial charge in [0.15, 0.2) is 0 Å². The number of hydrogen-bond donors (Lipinski definition) is 3. The van der Waals surface area contributed by atoms with E-state index < -0.39 is 23.5 Å². The van der Waals surface area contributed by atoms with Crippen molar-refractivity contribution in [1.82, 2.24) is 5.32 Å². The van der Waals surface area contributed by atoms with Crippen molar-refractivity contribution in [1.29, 1.82) is 0 Å². The molecule has 3 N–H and O–H groups in total. The highest BCUT2D eigenvalue weighted by atomic mass is 16.5. The molecule has 0 aromatic heterocycles. The number of carbonyl (C=O) groups is 3. The molecule has 4 rings (SSSR count). The van der Waals surface area contributed by atoms with Gasteiger partial charge in [0, 0.05) is 5.92 Å². The Morgan fingerprint density at radius 3 is 2.09 bits per heavy atom. The van der Waals surface area contributed by atoms with Crippen LogP contribution in [0.25, 0.3) is 11.1 Å². The van der Waals surface area contributed by atoms with Crippen LogP contribution in [-0.2, 0) is 9.53 Å². The number of hydrogen-bond acceptors (Lipinski definition) is 4. The Balaban J connectivity index is 1.43. The lowest BCUT2D eigenvalue weighted by Gasteiger charge is -2.26. The van der Waals surface area contributed by atoms with E-state index in [2.05, 4.69) is 22.8 Å². The first-order valence-corrected chi connectivity index (χ1v) is 11.0. The van der Waals surface area contributed by atoms with Gasteiger partial charge < -0.3 is 20.5 Å². The van der Waals surface area contributed by atoms with E-state index in [1.165, 1.54) is 19.9 Å². The molecule has 0 bridgehead atoms. The Kier molecular flexibility index (Phi) is 6.11. The van der Waals surface area contributed by atoms with Gasteiger partial charge in [0.25, 0.3) is 0 Å². The lowest BCUT2D eigenvalue weighted by Crippen LogP contribution is -2.52. The van der Waals surface area contributed by atoms with Crippen LogP contribution in [0.5, 0.6) is 0 Å². The van der Waals surface area contributed by atoms with Gasteiger partial charge in [-0.2, -0.15) is 0 Å². The second-order valence-electron chi connectivity index (χ2n) is 8.83. The van der Waals surface area contributed by atoms with E-state index in [1.807, 2.05) is 36.4 Å². The summed E-state index contributed by atoms with van der Waals surface area (Å²) in [5.74, 6) is -1.80. The largest absolute Gasteiger partial charge is 0.478 e. The van der Waals surface area contributed by atoms with E-state index in [1.54, 1.807) is 19.1 Å². The standard InChI is InChI=1S/C27H26N2O5/c1-16-9-8-14-22(23(16)24(30)31)28-25(32)27(2,3)29-26(33)34-15-21-19-12-6-4-10-17(19)18-11-5-7-13-20(18)21/h4-14,21H,15H2,1-3H3,(H,28,32)(H,29,33)(H,30,31). The molecule has 0 spiro atoms. The molecule has 1 aliphatic carbocycles. The van der Waals surface area contributed by atoms with Gasteiger partial charge in [-0.1, -0.05) is 60.7 Å². The summed E-state index contributed by atoms with van der Waals surface area (Å²) in [6, 6.07) is 20.9. The average Bonchev–Trinajstić information content (AvgIpc) is 3.11. The number of carboxylic acid groups (broad SMARTS) is 1. The minimum atomic E-state index is -1.35. The minimum absolute atomic E-state index is 0.00721. The molecule has 3 aromatic rings. The number of anilines is 1. The molecule has 0 saturated carbocycles. The number of fused-ring (bicyclic) bond motifs is 3. The molecule has 3 aromatic carbocycles. The zero-order valence-corrected chi connectivity index (χ0v) is 19.2. The van der Waals surface area contributed by atoms with Gasteiger partial charge >= 0.3 is 12.1 Å². The van der Waals surface area contributed by atoms with E-state index in [4.69, 9.17) is 4.74 Å². The monoisotopic (exact) mass is 458 g/mol. The smallest absolute Gasteiger partial charge is 0.408 e. The third-order valence-electron chi connectivity index (χ3n) is 6.06. The molecule has 2 amide bonds. The van der Waals surface area contributed by atoms with E-state index in [-0.39, 0.29) is 23.8 Å². The van der Waals surface area contributed by atoms with Crippen molar-refractivity contribution in [2.75, 3.05) is 11.9 Å². The zero-order chi connectivity index (χ0) is 24.5. The highest BCUT2D eigenvalue weighted by molar-refractivity contribution is 6.05. The Bertz CT molecular complexity index is 1240. The summed E-state index contributed by atoms with van der Waals surface area (Å²) in [4.78, 5) is 37.1. The third kappa shape index (κ3) is 4.37. The molecule has 7 heteroatoms. The summed E-state index contributed by atoms with van der Waals surface area (Å²) in [5.41, 5.74) is 3.78. The van der Waals surface area contributed by atoms with Gasteiger partial charge in [0.2, 0.25) is 5.91 Å². The fourth-order valence-corrected chi connectivity index (χ4v) is 4.28. The number of rotatable bonds is 6. The first-order valence-electron chi connectivity index (χ1n) is 11.0. The topological polar surface area (TPSA) is 105 Å². The molecular formula is C27H26N2O5. The predicted octanol–water partition coefficient (Wildman–Crippen LogP) is 4.95. The first-order chi connectivity index (χ1) is 16.2. The molecule has 174 valence electrons. The Morgan fingerprint density at radius 2 is 1.50 bits per heavy atom. The molecule has 0 heterocycles. The van der Waals surface area contributed by atoms with Crippen LogP contribution in [0.2, 0.25) is 0 Å². The number of ether oxygens (including phenoxy) is 1. The molecule has 0 aliphatic heterocycles. The maximum atomic E-state index is 12.9. The molecule has 0 atom stereocenters. The van der Waals surface area contributed by atoms with Gasteiger partial charge in [-0.25, -0.2) is 9.59 Å². The molecule has 1 aliphatic rings. The highest BCUT2D eigenvalue weighted by Crippen LogP contribution is 2.44. The van der Waals surface area contributed by atoms with Crippen LogP contribution in [0.3, 0.4) is 0 Å². The molecule has 0 fully saturated rings. The lowest BCUT2D eigenvalue weighted by atomic mass is 9.98. The normalized spacial score (nSPS) is 12.4. The van der Waals surface area contributed by atoms with Crippen molar-refractivity contribution in [3.63, 3.8) is 0 Å². The van der Waals surface area contributed by atoms with Gasteiger partial charge in [-0.05, 0) is 54.7 Å². The summed E-state index contributed by atoms with van der Waals surface area (Å²) in [7, 11) is 0. The number of nitrogens with one attached hydrogen (secondary N) is 2. The summed E-state index contributed by atoms with van der Waals surface area (Å²) in [6.45, 7) is 4.83. The quantitative estimate of drug-likeness (QED) is 0.485. The fraction of sp³-hybridized carbons (Fsp3) is 0.222. The zero-order valence-electron chi connectivity index (χ0n) is 19.2. The summed E-state index contributed by atoms with van der Waals surface area (Å²) >= 11 is 0. The second-order valence-corrected chi connectivity index (χ2v) is 8.83. The van der Waals surface area contributed by atoms with E-state index in [9.17, 15) is 19.5 Å². The Morgan fingerprint density at radius 1 is 0.912 bits per heavy atom. The van der Waals surface area contributed by atoms with Crippen LogP contribution in [0.1, 0.15) is 46.8 Å². The number of amides is 2. The van der Waals surface area contributed by atoms with Gasteiger partial charge in [-0.15, -0.1) is 0 Å². The number of aryl methyl sites for hydroxylation is 1. The van der Waals surface area contributed by atoms with Crippen LogP contribution >= 0.6 is 0 Å². The van der Waals surface area contributed by atoms with Crippen LogP contribution in [0.15, 0.2) is 66.7 Å². The van der Waals surface area contributed by atoms with Crippen molar-refractivity contribution >= 4 is 23.7 Å². The molecule has 0 saturated heterocycles. The summed E-state index contributed by atoms with van der Waals surface area (Å²) in [5, 5.41) is 14.7. The second kappa shape index (κ2) is 9.02. The summed E-state index contributed by atoms with van der Waals surface area (Å²) in [6.07, 6.45) is -0.732. The first kappa shape index (κ1) is 23.0. The maximum Gasteiger partial charge on any atom is 0.408 e. The molecule has 0 radical (unpaired) electrons. The minimum Gasteiger partial charge on any atom is -0.478 e. The molecular weight excluding hydrogens is 432 g/mol. The highest BCUT2D eigenvalue weighted by Gasteiger charge is 2.33. The van der Waals surface area contributed by atoms with Crippen LogP contribution < -0.4 is 10.6 Å². The molecule has 34 heavy (non-hydrogen) atoms. The number of carboxylic acids is 1. The third-order valence-corrected chi connectivity index (χ3v) is 6.06. The Labute approximate surface area is 197 Å². The van der Waals surface area contributed by atoms with E-state index in [0.29, 0.717) is 5.56 Å². The Hall–Kier alpha value is -4.13. The van der Waals surface area contributed by atoms with E-state index in [0.717, 1.165) is 22.3 Å². The van der Waals surface area contributed by atoms with Crippen molar-refractivity contribution in [2.45, 2.75) is 32.2 Å². The maximum absolute atomic E-state index is 12.9. The average molecular weight is 459 g/mol. The van der Waals surface area contributed by atoms with Crippen molar-refractivity contribution < 1.29 is 24.2 Å². The predicted molar refractivity (Wildman–Crippen MR) is 129 cm³/mol. The van der Waals surface area contributed by atoms with Crippen molar-refractivity contribution in [3.8, 4) is 11.1 Å². The number of aromatic carboxylic acids is 1. The summed E-state index contributed by atoms with van der Waals surface area (Å²) < 4.78 is 5.53. The number of carbonyl (C=O) groups excluding carboxylic acids is 2. The van der Waals surface area contributed by atoms with Crippen LogP contribution in [-0.4, -0.2) is 35.2 Å². The van der Waals surface area contributed by atoms with Crippen LogP contribution in [0, 0.1) is 6.92 Å². The molecule has 0 unspecified atom stereocenters. The van der Waals surface area contributed by atoms with E-state index >= 15 is 0 Å². The molecule has 7 nitrogen and oxygen atoms in total. The SMILES string of the molecule is Cc1cccc(NC(=O)C(C)(C)NC(=O)OCC2c3ccccc3-c3ccccc32)c1C(=O)O. The van der Waals surface area contributed by atoms with Gasteiger partial charge in [-0.3, -0.25) is 4.79 Å². The van der Waals surface area contributed by atoms with Crippen molar-refractivity contribution in [2.24, 2.45) is 0 Å². The lowest BCUT2D eigenvalue weighted by molar-refractivity contribution is -0.121. The van der Waals surface area contributed by atoms with Crippen LogP contribution in [0.4, 0.5) is 10.5 Å². The van der Waals surface area contributed by atoms with Gasteiger partial charge in [0.05, 0.1) is 11.3 Å².